The summed E-state index contributed by atoms with van der Waals surface area (Å²) in [5.74, 6) is -0.321. The van der Waals surface area contributed by atoms with Crippen molar-refractivity contribution in [1.29, 1.82) is 0 Å². The molecular formula is C14H16N2O5S. The molecular weight excluding hydrogens is 308 g/mol. The summed E-state index contributed by atoms with van der Waals surface area (Å²) < 4.78 is 22.9. The largest absolute Gasteiger partial charge is 0.338 e. The lowest BCUT2D eigenvalue weighted by Gasteiger charge is -2.21. The molecule has 0 bridgehead atoms. The fourth-order valence-electron chi connectivity index (χ4n) is 2.33. The lowest BCUT2D eigenvalue weighted by Crippen LogP contribution is -2.36. The maximum atomic E-state index is 12.1. The number of nitro benzene ring substituents is 1. The molecule has 7 nitrogen and oxygen atoms in total. The normalized spacial score (nSPS) is 20.1. The van der Waals surface area contributed by atoms with E-state index in [1.165, 1.54) is 30.2 Å². The molecule has 1 saturated heterocycles. The van der Waals surface area contributed by atoms with Crippen molar-refractivity contribution < 1.29 is 18.1 Å². The highest BCUT2D eigenvalue weighted by Gasteiger charge is 2.32. The highest BCUT2D eigenvalue weighted by Crippen LogP contribution is 2.20. The molecule has 0 N–H and O–H groups in total. The Labute approximate surface area is 128 Å². The van der Waals surface area contributed by atoms with Crippen LogP contribution in [-0.4, -0.2) is 48.7 Å². The van der Waals surface area contributed by atoms with E-state index in [0.29, 0.717) is 12.0 Å². The quantitative estimate of drug-likeness (QED) is 0.472. The number of likely N-dealkylation sites (N-methyl/N-ethyl adjacent to an activating group) is 1. The van der Waals surface area contributed by atoms with Gasteiger partial charge in [0, 0.05) is 25.2 Å². The average molecular weight is 324 g/mol. The molecule has 0 saturated carbocycles. The maximum absolute atomic E-state index is 12.1. The summed E-state index contributed by atoms with van der Waals surface area (Å²) in [5.41, 5.74) is 0.242. The maximum Gasteiger partial charge on any atom is 0.276 e. The Morgan fingerprint density at radius 1 is 1.41 bits per heavy atom. The number of carbonyl (C=O) groups excluding carboxylic acids is 1. The van der Waals surface area contributed by atoms with Gasteiger partial charge < -0.3 is 4.90 Å². The first-order valence-corrected chi connectivity index (χ1v) is 8.51. The number of amides is 1. The number of rotatable bonds is 4. The summed E-state index contributed by atoms with van der Waals surface area (Å²) in [6.45, 7) is 0. The first kappa shape index (κ1) is 16.2. The molecule has 1 heterocycles. The van der Waals surface area contributed by atoms with Crippen molar-refractivity contribution >= 4 is 27.5 Å². The van der Waals surface area contributed by atoms with Gasteiger partial charge in [-0.15, -0.1) is 0 Å². The van der Waals surface area contributed by atoms with Crippen LogP contribution >= 0.6 is 0 Å². The topological polar surface area (TPSA) is 97.6 Å². The van der Waals surface area contributed by atoms with E-state index in [0.717, 1.165) is 0 Å². The zero-order valence-corrected chi connectivity index (χ0v) is 12.8. The van der Waals surface area contributed by atoms with Crippen LogP contribution in [0.4, 0.5) is 5.69 Å². The van der Waals surface area contributed by atoms with Crippen LogP contribution in [0.3, 0.4) is 0 Å². The van der Waals surface area contributed by atoms with E-state index in [4.69, 9.17) is 0 Å². The van der Waals surface area contributed by atoms with Gasteiger partial charge in [-0.2, -0.15) is 0 Å². The smallest absolute Gasteiger partial charge is 0.276 e. The number of nitro groups is 1. The molecule has 2 rings (SSSR count). The molecule has 118 valence electrons. The summed E-state index contributed by atoms with van der Waals surface area (Å²) >= 11 is 0. The van der Waals surface area contributed by atoms with Crippen molar-refractivity contribution in [3.05, 3.63) is 46.0 Å². The SMILES string of the molecule is CN(C(=O)/C=C/c1ccccc1[N+](=O)[O-])C1CCS(=O)(=O)C1. The second-order valence-electron chi connectivity index (χ2n) is 5.16. The van der Waals surface area contributed by atoms with Crippen molar-refractivity contribution in [3.63, 3.8) is 0 Å². The van der Waals surface area contributed by atoms with Crippen LogP contribution in [0.5, 0.6) is 0 Å². The zero-order valence-electron chi connectivity index (χ0n) is 12.0. The zero-order chi connectivity index (χ0) is 16.3. The average Bonchev–Trinajstić information content (AvgIpc) is 2.84. The third-order valence-corrected chi connectivity index (χ3v) is 5.39. The molecule has 8 heteroatoms. The minimum atomic E-state index is -3.07. The Morgan fingerprint density at radius 3 is 2.68 bits per heavy atom. The lowest BCUT2D eigenvalue weighted by atomic mass is 10.1. The Hall–Kier alpha value is -2.22. The fourth-order valence-corrected chi connectivity index (χ4v) is 4.11. The number of sulfone groups is 1. The first-order chi connectivity index (χ1) is 10.3. The third kappa shape index (κ3) is 3.70. The summed E-state index contributed by atoms with van der Waals surface area (Å²) in [4.78, 5) is 23.8. The van der Waals surface area contributed by atoms with Crippen LogP contribution in [-0.2, 0) is 14.6 Å². The molecule has 1 fully saturated rings. The van der Waals surface area contributed by atoms with Gasteiger partial charge in [-0.3, -0.25) is 14.9 Å². The Bertz CT molecular complexity index is 727. The van der Waals surface area contributed by atoms with E-state index < -0.39 is 14.8 Å². The van der Waals surface area contributed by atoms with Gasteiger partial charge in [0.05, 0.1) is 22.0 Å². The van der Waals surface area contributed by atoms with Crippen molar-refractivity contribution in [1.82, 2.24) is 4.90 Å². The Balaban J connectivity index is 2.10. The van der Waals surface area contributed by atoms with Gasteiger partial charge in [0.15, 0.2) is 9.84 Å². The van der Waals surface area contributed by atoms with Crippen molar-refractivity contribution in [2.24, 2.45) is 0 Å². The summed E-state index contributed by atoms with van der Waals surface area (Å²) in [6, 6.07) is 5.75. The Morgan fingerprint density at radius 2 is 2.09 bits per heavy atom. The van der Waals surface area contributed by atoms with Gasteiger partial charge in [-0.25, -0.2) is 8.42 Å². The molecule has 1 unspecified atom stereocenters. The van der Waals surface area contributed by atoms with Crippen molar-refractivity contribution in [2.75, 3.05) is 18.6 Å². The monoisotopic (exact) mass is 324 g/mol. The highest BCUT2D eigenvalue weighted by molar-refractivity contribution is 7.91. The third-order valence-electron chi connectivity index (χ3n) is 3.64. The first-order valence-electron chi connectivity index (χ1n) is 6.69. The lowest BCUT2D eigenvalue weighted by molar-refractivity contribution is -0.385. The van der Waals surface area contributed by atoms with Crippen LogP contribution in [0, 0.1) is 10.1 Å². The molecule has 1 aromatic carbocycles. The van der Waals surface area contributed by atoms with Crippen molar-refractivity contribution in [3.8, 4) is 0 Å². The molecule has 1 aliphatic rings. The van der Waals surface area contributed by atoms with Crippen LogP contribution < -0.4 is 0 Å². The highest BCUT2D eigenvalue weighted by atomic mass is 32.2. The van der Waals surface area contributed by atoms with Gasteiger partial charge >= 0.3 is 0 Å². The predicted octanol–water partition coefficient (Wildman–Crippen LogP) is 1.25. The molecule has 1 aromatic rings. The predicted molar refractivity (Wildman–Crippen MR) is 82.0 cm³/mol. The number of hydrogen-bond acceptors (Lipinski definition) is 5. The van der Waals surface area contributed by atoms with E-state index in [-0.39, 0.29) is 29.1 Å². The molecule has 1 atom stereocenters. The molecule has 0 aromatic heterocycles. The van der Waals surface area contributed by atoms with Crippen LogP contribution in [0.15, 0.2) is 30.3 Å². The minimum absolute atomic E-state index is 0.0332. The van der Waals surface area contributed by atoms with Gasteiger partial charge in [0.25, 0.3) is 5.69 Å². The van der Waals surface area contributed by atoms with Crippen LogP contribution in [0.25, 0.3) is 6.08 Å². The van der Waals surface area contributed by atoms with E-state index in [2.05, 4.69) is 0 Å². The Kier molecular flexibility index (Phi) is 4.60. The molecule has 1 aliphatic heterocycles. The van der Waals surface area contributed by atoms with E-state index in [1.54, 1.807) is 18.2 Å². The molecule has 0 radical (unpaired) electrons. The van der Waals surface area contributed by atoms with Gasteiger partial charge in [-0.05, 0) is 18.6 Å². The number of hydrogen-bond donors (Lipinski definition) is 0. The standard InChI is InChI=1S/C14H16N2O5S/c1-15(12-8-9-22(20,21)10-12)14(17)7-6-11-4-2-3-5-13(11)16(18)19/h2-7,12H,8-10H2,1H3/b7-6+. The van der Waals surface area contributed by atoms with E-state index >= 15 is 0 Å². The van der Waals surface area contributed by atoms with Crippen LogP contribution in [0.2, 0.25) is 0 Å². The molecule has 0 spiro atoms. The number of benzene rings is 1. The number of nitrogens with zero attached hydrogens (tertiary/aromatic N) is 2. The van der Waals surface area contributed by atoms with Crippen molar-refractivity contribution in [2.45, 2.75) is 12.5 Å². The summed E-state index contributed by atoms with van der Waals surface area (Å²) in [6.07, 6.45) is 3.03. The summed E-state index contributed by atoms with van der Waals surface area (Å²) in [5, 5.41) is 10.9. The molecule has 0 aliphatic carbocycles. The second kappa shape index (κ2) is 6.27. The fraction of sp³-hybridized carbons (Fsp3) is 0.357. The van der Waals surface area contributed by atoms with Gasteiger partial charge in [0.1, 0.15) is 0 Å². The van der Waals surface area contributed by atoms with Gasteiger partial charge in [-0.1, -0.05) is 12.1 Å². The van der Waals surface area contributed by atoms with E-state index in [1.807, 2.05) is 0 Å². The second-order valence-corrected chi connectivity index (χ2v) is 7.38. The summed E-state index contributed by atoms with van der Waals surface area (Å²) in [7, 11) is -1.53. The van der Waals surface area contributed by atoms with E-state index in [9.17, 15) is 23.3 Å². The molecule has 22 heavy (non-hydrogen) atoms. The number of carbonyl (C=O) groups is 1. The van der Waals surface area contributed by atoms with Crippen LogP contribution in [0.1, 0.15) is 12.0 Å². The van der Waals surface area contributed by atoms with Gasteiger partial charge in [0.2, 0.25) is 5.91 Å². The number of para-hydroxylation sites is 1. The minimum Gasteiger partial charge on any atom is -0.338 e. The molecule has 1 amide bonds.